The molecule has 1 N–H and O–H groups in total. The summed E-state index contributed by atoms with van der Waals surface area (Å²) in [4.78, 5) is 3.00. The summed E-state index contributed by atoms with van der Waals surface area (Å²) in [5.41, 5.74) is 0.865. The Bertz CT molecular complexity index is 379. The summed E-state index contributed by atoms with van der Waals surface area (Å²) in [7, 11) is 3.50. The summed E-state index contributed by atoms with van der Waals surface area (Å²) in [5.74, 6) is 0.793. The smallest absolute Gasteiger partial charge is 0.221 e. The summed E-state index contributed by atoms with van der Waals surface area (Å²) in [6.07, 6.45) is 1.85. The summed E-state index contributed by atoms with van der Waals surface area (Å²) in [5, 5.41) is 5.20. The number of aryl methyl sites for hydroxylation is 1. The van der Waals surface area contributed by atoms with Crippen LogP contribution in [0.4, 0.5) is 0 Å². The first-order valence-electron chi connectivity index (χ1n) is 3.37. The summed E-state index contributed by atoms with van der Waals surface area (Å²) < 4.78 is 6.85. The maximum Gasteiger partial charge on any atom is 0.221 e. The van der Waals surface area contributed by atoms with Gasteiger partial charge < -0.3 is 9.72 Å². The fraction of sp³-hybridized carbons (Fsp3) is 0.286. The Morgan fingerprint density at radius 3 is 3.27 bits per heavy atom. The van der Waals surface area contributed by atoms with Crippen LogP contribution in [0.5, 0.6) is 5.88 Å². The second-order valence-corrected chi connectivity index (χ2v) is 2.37. The largest absolute Gasteiger partial charge is 0.481 e. The maximum absolute atomic E-state index is 5.14. The molecule has 0 saturated heterocycles. The van der Waals surface area contributed by atoms with Crippen LogP contribution in [0.2, 0.25) is 0 Å². The second-order valence-electron chi connectivity index (χ2n) is 2.37. The molecule has 0 saturated carbocycles. The normalized spacial score (nSPS) is 10.7. The predicted octanol–water partition coefficient (Wildman–Crippen LogP) is 1.16. The molecule has 0 fully saturated rings. The summed E-state index contributed by atoms with van der Waals surface area (Å²) in [6.45, 7) is 0. The molecule has 0 radical (unpaired) electrons. The van der Waals surface area contributed by atoms with Gasteiger partial charge in [-0.1, -0.05) is 0 Å². The van der Waals surface area contributed by atoms with Gasteiger partial charge in [0.05, 0.1) is 12.5 Å². The zero-order valence-corrected chi connectivity index (χ0v) is 6.46. The third kappa shape index (κ3) is 0.721. The third-order valence-corrected chi connectivity index (χ3v) is 1.69. The van der Waals surface area contributed by atoms with Crippen LogP contribution in [0.3, 0.4) is 0 Å². The summed E-state index contributed by atoms with van der Waals surface area (Å²) >= 11 is 0. The molecule has 2 aromatic rings. The Labute approximate surface area is 65.3 Å². The minimum atomic E-state index is 0. The quantitative estimate of drug-likeness (QED) is 0.668. The van der Waals surface area contributed by atoms with Gasteiger partial charge in [-0.15, -0.1) is 0 Å². The Morgan fingerprint density at radius 1 is 1.73 bits per heavy atom. The highest BCUT2D eigenvalue weighted by molar-refractivity contribution is 5.81. The zero-order valence-electron chi connectivity index (χ0n) is 6.46. The number of nitrogens with one attached hydrogen (secondary N) is 1. The number of rotatable bonds is 1. The molecule has 4 heteroatoms. The van der Waals surface area contributed by atoms with Gasteiger partial charge >= 0.3 is 0 Å². The molecular weight excluding hydrogens is 142 g/mol. The van der Waals surface area contributed by atoms with Crippen molar-refractivity contribution in [2.45, 2.75) is 0 Å². The van der Waals surface area contributed by atoms with Crippen molar-refractivity contribution in [1.29, 1.82) is 0 Å². The fourth-order valence-electron chi connectivity index (χ4n) is 1.23. The zero-order chi connectivity index (χ0) is 7.84. The van der Waals surface area contributed by atoms with Crippen molar-refractivity contribution in [2.24, 2.45) is 7.05 Å². The molecule has 2 heterocycles. The highest BCUT2D eigenvalue weighted by Crippen LogP contribution is 2.22. The van der Waals surface area contributed by atoms with Gasteiger partial charge in [-0.25, -0.2) is 4.68 Å². The van der Waals surface area contributed by atoms with Gasteiger partial charge in [0, 0.05) is 14.7 Å². The maximum atomic E-state index is 5.14. The minimum absolute atomic E-state index is 0. The number of ether oxygens (including phenoxy) is 1. The van der Waals surface area contributed by atoms with Crippen LogP contribution in [0.1, 0.15) is 1.43 Å². The molecule has 0 aliphatic rings. The van der Waals surface area contributed by atoms with E-state index in [0.717, 1.165) is 16.9 Å². The van der Waals surface area contributed by atoms with E-state index in [0.29, 0.717) is 0 Å². The van der Waals surface area contributed by atoms with Crippen LogP contribution < -0.4 is 4.74 Å². The first kappa shape index (κ1) is 6.27. The van der Waals surface area contributed by atoms with Gasteiger partial charge in [0.15, 0.2) is 5.65 Å². The van der Waals surface area contributed by atoms with E-state index in [4.69, 9.17) is 4.74 Å². The van der Waals surface area contributed by atoms with Crippen molar-refractivity contribution in [3.8, 4) is 5.88 Å². The van der Waals surface area contributed by atoms with Crippen molar-refractivity contribution in [2.75, 3.05) is 7.11 Å². The lowest BCUT2D eigenvalue weighted by molar-refractivity contribution is 0.377. The molecule has 0 spiro atoms. The minimum Gasteiger partial charge on any atom is -0.481 e. The predicted molar refractivity (Wildman–Crippen MR) is 43.7 cm³/mol. The monoisotopic (exact) mass is 153 g/mol. The standard InChI is InChI=1S/C7H9N3O.H2/c1-10-7(11-2)5-3-4-8-6(5)9-10;/h3-4H,1-2H3,(H,8,9);1H. The Hall–Kier alpha value is -1.45. The van der Waals surface area contributed by atoms with E-state index < -0.39 is 0 Å². The molecular formula is C7H11N3O. The number of hydrogen-bond donors (Lipinski definition) is 1. The number of fused-ring (bicyclic) bond motifs is 1. The first-order chi connectivity index (χ1) is 5.33. The van der Waals surface area contributed by atoms with Crippen LogP contribution in [0.25, 0.3) is 11.0 Å². The molecule has 2 rings (SSSR count). The molecule has 0 atom stereocenters. The van der Waals surface area contributed by atoms with Gasteiger partial charge in [-0.3, -0.25) is 0 Å². The lowest BCUT2D eigenvalue weighted by Crippen LogP contribution is -1.94. The molecule has 0 unspecified atom stereocenters. The summed E-state index contributed by atoms with van der Waals surface area (Å²) in [6, 6.07) is 1.95. The fourth-order valence-corrected chi connectivity index (χ4v) is 1.23. The van der Waals surface area contributed by atoms with Crippen molar-refractivity contribution >= 4 is 11.0 Å². The molecule has 11 heavy (non-hydrogen) atoms. The van der Waals surface area contributed by atoms with E-state index in [-0.39, 0.29) is 1.43 Å². The van der Waals surface area contributed by atoms with Gasteiger partial charge in [-0.2, -0.15) is 5.10 Å². The van der Waals surface area contributed by atoms with E-state index in [1.54, 1.807) is 11.8 Å². The van der Waals surface area contributed by atoms with Crippen LogP contribution in [-0.4, -0.2) is 21.9 Å². The van der Waals surface area contributed by atoms with Gasteiger partial charge in [0.2, 0.25) is 5.88 Å². The first-order valence-corrected chi connectivity index (χ1v) is 3.37. The average Bonchev–Trinajstić information content (AvgIpc) is 2.46. The van der Waals surface area contributed by atoms with Crippen molar-refractivity contribution in [3.05, 3.63) is 12.3 Å². The molecule has 0 amide bonds. The lowest BCUT2D eigenvalue weighted by atomic mass is 10.4. The van der Waals surface area contributed by atoms with Crippen LogP contribution >= 0.6 is 0 Å². The topological polar surface area (TPSA) is 42.8 Å². The van der Waals surface area contributed by atoms with E-state index in [9.17, 15) is 0 Å². The van der Waals surface area contributed by atoms with Crippen LogP contribution in [0.15, 0.2) is 12.3 Å². The average molecular weight is 153 g/mol. The highest BCUT2D eigenvalue weighted by atomic mass is 16.5. The van der Waals surface area contributed by atoms with Crippen molar-refractivity contribution in [3.63, 3.8) is 0 Å². The van der Waals surface area contributed by atoms with Gasteiger partial charge in [-0.05, 0) is 6.07 Å². The number of methoxy groups -OCH3 is 1. The lowest BCUT2D eigenvalue weighted by Gasteiger charge is -1.97. The van der Waals surface area contributed by atoms with Crippen LogP contribution in [-0.2, 0) is 7.05 Å². The molecule has 0 bridgehead atoms. The Morgan fingerprint density at radius 2 is 2.55 bits per heavy atom. The van der Waals surface area contributed by atoms with E-state index >= 15 is 0 Å². The Balaban J connectivity index is 0.000000720. The van der Waals surface area contributed by atoms with Gasteiger partial charge in [0.1, 0.15) is 0 Å². The second kappa shape index (κ2) is 2.02. The SMILES string of the molecule is COc1c2cc[nH]c2nn1C.[HH]. The molecule has 0 aromatic carbocycles. The molecule has 4 nitrogen and oxygen atoms in total. The highest BCUT2D eigenvalue weighted by Gasteiger charge is 2.07. The van der Waals surface area contributed by atoms with E-state index in [1.807, 2.05) is 19.3 Å². The number of aromatic amines is 1. The third-order valence-electron chi connectivity index (χ3n) is 1.69. The van der Waals surface area contributed by atoms with Crippen molar-refractivity contribution in [1.82, 2.24) is 14.8 Å². The van der Waals surface area contributed by atoms with Gasteiger partial charge in [0.25, 0.3) is 0 Å². The van der Waals surface area contributed by atoms with E-state index in [1.165, 1.54) is 0 Å². The molecule has 0 aliphatic carbocycles. The number of H-pyrrole nitrogens is 1. The number of hydrogen-bond acceptors (Lipinski definition) is 2. The van der Waals surface area contributed by atoms with Crippen molar-refractivity contribution < 1.29 is 6.16 Å². The molecule has 2 aromatic heterocycles. The van der Waals surface area contributed by atoms with Crippen LogP contribution in [0, 0.1) is 0 Å². The Kier molecular flexibility index (Phi) is 1.15. The molecule has 60 valence electrons. The van der Waals surface area contributed by atoms with E-state index in [2.05, 4.69) is 10.1 Å². The number of aromatic nitrogens is 3. The number of nitrogens with zero attached hydrogens (tertiary/aromatic N) is 2. The molecule has 0 aliphatic heterocycles.